The Kier molecular flexibility index (Phi) is 5.58. The summed E-state index contributed by atoms with van der Waals surface area (Å²) >= 11 is 0. The summed E-state index contributed by atoms with van der Waals surface area (Å²) in [6, 6.07) is 15.6. The lowest BCUT2D eigenvalue weighted by molar-refractivity contribution is 0.0911. The second kappa shape index (κ2) is 8.06. The van der Waals surface area contributed by atoms with Crippen molar-refractivity contribution >= 4 is 22.6 Å². The van der Waals surface area contributed by atoms with E-state index in [0.29, 0.717) is 31.1 Å². The Labute approximate surface area is 153 Å². The number of carbonyl (C=O) groups excluding carboxylic acids is 1. The second-order valence-electron chi connectivity index (χ2n) is 6.06. The minimum atomic E-state index is -0.279. The van der Waals surface area contributed by atoms with Gasteiger partial charge in [0.05, 0.1) is 12.3 Å². The zero-order valence-corrected chi connectivity index (χ0v) is 15.4. The molecule has 3 rings (SSSR count). The summed E-state index contributed by atoms with van der Waals surface area (Å²) in [7, 11) is 0. The maximum Gasteiger partial charge on any atom is 0.305 e. The zero-order valence-electron chi connectivity index (χ0n) is 15.4. The quantitative estimate of drug-likeness (QED) is 0.638. The molecule has 0 aliphatic heterocycles. The number of rotatable bonds is 7. The molecule has 1 amide bonds. The summed E-state index contributed by atoms with van der Waals surface area (Å²) in [6.45, 7) is 7.50. The largest absolute Gasteiger partial charge is 0.450 e. The molecule has 0 radical (unpaired) electrons. The molecule has 3 aromatic rings. The van der Waals surface area contributed by atoms with E-state index >= 15 is 0 Å². The van der Waals surface area contributed by atoms with E-state index in [1.54, 1.807) is 5.01 Å². The van der Waals surface area contributed by atoms with Crippen molar-refractivity contribution in [2.75, 3.05) is 18.2 Å². The number of nitrogens with zero attached hydrogens (tertiary/aromatic N) is 1. The maximum atomic E-state index is 12.9. The molecule has 2 aromatic carbocycles. The number of amides is 1. The van der Waals surface area contributed by atoms with Gasteiger partial charge >= 0.3 is 5.91 Å². The molecule has 136 valence electrons. The van der Waals surface area contributed by atoms with Crippen LogP contribution in [0.15, 0.2) is 52.9 Å². The fourth-order valence-electron chi connectivity index (χ4n) is 2.85. The molecule has 5 nitrogen and oxygen atoms in total. The molecule has 0 saturated heterocycles. The number of hydrazine groups is 1. The zero-order chi connectivity index (χ0) is 18.5. The molecule has 0 aliphatic carbocycles. The third-order valence-electron chi connectivity index (χ3n) is 4.25. The average Bonchev–Trinajstić information content (AvgIpc) is 3.04. The van der Waals surface area contributed by atoms with Crippen LogP contribution in [0.2, 0.25) is 0 Å². The number of para-hydroxylation sites is 1. The molecule has 0 spiro atoms. The van der Waals surface area contributed by atoms with E-state index in [4.69, 9.17) is 9.15 Å². The number of hydrogen-bond donors (Lipinski definition) is 1. The Morgan fingerprint density at radius 3 is 2.54 bits per heavy atom. The summed E-state index contributed by atoms with van der Waals surface area (Å²) in [5.41, 5.74) is 6.50. The summed E-state index contributed by atoms with van der Waals surface area (Å²) in [5.74, 6) is 0.0172. The predicted octanol–water partition coefficient (Wildman–Crippen LogP) is 4.45. The molecule has 1 heterocycles. The van der Waals surface area contributed by atoms with Gasteiger partial charge < -0.3 is 9.15 Å². The number of nitrogens with one attached hydrogen (secondary N) is 1. The molecule has 0 atom stereocenters. The van der Waals surface area contributed by atoms with Crippen molar-refractivity contribution in [2.45, 2.75) is 27.4 Å². The van der Waals surface area contributed by atoms with Gasteiger partial charge in [0.2, 0.25) is 0 Å². The lowest BCUT2D eigenvalue weighted by Gasteiger charge is -2.23. The molecule has 0 saturated carbocycles. The first-order chi connectivity index (χ1) is 12.6. The summed E-state index contributed by atoms with van der Waals surface area (Å²) in [5, 5.41) is 2.71. The lowest BCUT2D eigenvalue weighted by Crippen LogP contribution is -2.42. The number of carbonyl (C=O) groups is 1. The third kappa shape index (κ3) is 3.73. The molecular formula is C21H24N2O3. The number of hydrogen-bond acceptors (Lipinski definition) is 4. The first kappa shape index (κ1) is 18.0. The summed E-state index contributed by atoms with van der Waals surface area (Å²) in [6.07, 6.45) is 0. The number of furan rings is 1. The van der Waals surface area contributed by atoms with Crippen molar-refractivity contribution in [3.8, 4) is 0 Å². The van der Waals surface area contributed by atoms with Crippen LogP contribution >= 0.6 is 0 Å². The van der Waals surface area contributed by atoms with Crippen molar-refractivity contribution in [3.05, 3.63) is 65.4 Å². The van der Waals surface area contributed by atoms with Gasteiger partial charge in [-0.3, -0.25) is 15.2 Å². The Morgan fingerprint density at radius 2 is 1.85 bits per heavy atom. The van der Waals surface area contributed by atoms with Crippen molar-refractivity contribution in [1.82, 2.24) is 5.43 Å². The number of anilines is 1. The lowest BCUT2D eigenvalue weighted by atomic mass is 10.1. The fraction of sp³-hybridized carbons (Fsp3) is 0.286. The van der Waals surface area contributed by atoms with Crippen LogP contribution < -0.4 is 10.4 Å². The first-order valence-corrected chi connectivity index (χ1v) is 8.87. The van der Waals surface area contributed by atoms with Crippen molar-refractivity contribution < 1.29 is 13.9 Å². The molecular weight excluding hydrogens is 328 g/mol. The predicted molar refractivity (Wildman–Crippen MR) is 103 cm³/mol. The van der Waals surface area contributed by atoms with Crippen LogP contribution in [0.3, 0.4) is 0 Å². The van der Waals surface area contributed by atoms with E-state index in [2.05, 4.69) is 5.43 Å². The van der Waals surface area contributed by atoms with E-state index < -0.39 is 0 Å². The van der Waals surface area contributed by atoms with Crippen LogP contribution in [0.5, 0.6) is 0 Å². The Balaban J connectivity index is 1.89. The van der Waals surface area contributed by atoms with Gasteiger partial charge in [-0.2, -0.15) is 0 Å². The van der Waals surface area contributed by atoms with Crippen LogP contribution in [0.1, 0.15) is 35.5 Å². The number of ether oxygens (including phenoxy) is 1. The minimum Gasteiger partial charge on any atom is -0.450 e. The van der Waals surface area contributed by atoms with Gasteiger partial charge in [-0.15, -0.1) is 0 Å². The third-order valence-corrected chi connectivity index (χ3v) is 4.25. The fourth-order valence-corrected chi connectivity index (χ4v) is 2.85. The van der Waals surface area contributed by atoms with Gasteiger partial charge in [-0.25, -0.2) is 0 Å². The van der Waals surface area contributed by atoms with Crippen LogP contribution in [0, 0.1) is 6.92 Å². The van der Waals surface area contributed by atoms with Crippen LogP contribution in [-0.4, -0.2) is 19.1 Å². The molecule has 26 heavy (non-hydrogen) atoms. The smallest absolute Gasteiger partial charge is 0.305 e. The van der Waals surface area contributed by atoms with E-state index in [-0.39, 0.29) is 5.91 Å². The van der Waals surface area contributed by atoms with Crippen LogP contribution in [0.4, 0.5) is 5.69 Å². The number of benzene rings is 2. The van der Waals surface area contributed by atoms with E-state index in [1.165, 1.54) is 5.56 Å². The van der Waals surface area contributed by atoms with Crippen molar-refractivity contribution in [2.24, 2.45) is 0 Å². The highest BCUT2D eigenvalue weighted by molar-refractivity contribution is 5.99. The maximum absolute atomic E-state index is 12.9. The number of fused-ring (bicyclic) bond motifs is 1. The van der Waals surface area contributed by atoms with Gasteiger partial charge in [0.25, 0.3) is 0 Å². The molecule has 0 fully saturated rings. The first-order valence-electron chi connectivity index (χ1n) is 8.87. The molecule has 0 aliphatic rings. The minimum absolute atomic E-state index is 0.279. The highest BCUT2D eigenvalue weighted by Crippen LogP contribution is 2.27. The Hall–Kier alpha value is -2.79. The van der Waals surface area contributed by atoms with Crippen molar-refractivity contribution in [3.63, 3.8) is 0 Å². The summed E-state index contributed by atoms with van der Waals surface area (Å²) in [4.78, 5) is 12.9. The van der Waals surface area contributed by atoms with Gasteiger partial charge in [0, 0.05) is 24.1 Å². The van der Waals surface area contributed by atoms with E-state index in [0.717, 1.165) is 16.6 Å². The Morgan fingerprint density at radius 1 is 1.12 bits per heavy atom. The van der Waals surface area contributed by atoms with E-state index in [9.17, 15) is 4.79 Å². The van der Waals surface area contributed by atoms with Gasteiger partial charge in [-0.1, -0.05) is 35.9 Å². The SMILES string of the molecule is CCOCc1c(C(=O)NN(CC)c2ccc(C)cc2)oc2ccccc12. The van der Waals surface area contributed by atoms with E-state index in [1.807, 2.05) is 69.3 Å². The van der Waals surface area contributed by atoms with Crippen LogP contribution in [-0.2, 0) is 11.3 Å². The number of aryl methyl sites for hydroxylation is 1. The van der Waals surface area contributed by atoms with Gasteiger partial charge in [-0.05, 0) is 39.0 Å². The van der Waals surface area contributed by atoms with Crippen molar-refractivity contribution in [1.29, 1.82) is 0 Å². The molecule has 5 heteroatoms. The average molecular weight is 352 g/mol. The second-order valence-corrected chi connectivity index (χ2v) is 6.06. The molecule has 1 aromatic heterocycles. The molecule has 0 bridgehead atoms. The molecule has 1 N–H and O–H groups in total. The van der Waals surface area contributed by atoms with Gasteiger partial charge in [0.1, 0.15) is 5.58 Å². The van der Waals surface area contributed by atoms with Gasteiger partial charge in [0.15, 0.2) is 5.76 Å². The monoisotopic (exact) mass is 352 g/mol. The normalized spacial score (nSPS) is 10.9. The molecule has 0 unspecified atom stereocenters. The topological polar surface area (TPSA) is 54.7 Å². The highest BCUT2D eigenvalue weighted by atomic mass is 16.5. The Bertz CT molecular complexity index is 884. The highest BCUT2D eigenvalue weighted by Gasteiger charge is 2.22. The standard InChI is InChI=1S/C21H24N2O3/c1-4-23(16-12-10-15(3)11-13-16)22-21(24)20-18(14-25-5-2)17-8-6-7-9-19(17)26-20/h6-13H,4-5,14H2,1-3H3,(H,22,24). The van der Waals surface area contributed by atoms with Crippen LogP contribution in [0.25, 0.3) is 11.0 Å². The summed E-state index contributed by atoms with van der Waals surface area (Å²) < 4.78 is 11.4.